The third-order valence-electron chi connectivity index (χ3n) is 3.40. The van der Waals surface area contributed by atoms with Gasteiger partial charge in [0.15, 0.2) is 0 Å². The summed E-state index contributed by atoms with van der Waals surface area (Å²) in [7, 11) is 0. The maximum atomic E-state index is 12.2. The Morgan fingerprint density at radius 2 is 1.96 bits per heavy atom. The number of halogens is 1. The molecule has 1 N–H and O–H groups in total. The molecular formula is C18H16ClN3O2. The molecule has 5 nitrogen and oxygen atoms in total. The molecule has 0 bridgehead atoms. The molecule has 2 amide bonds. The minimum absolute atomic E-state index is 0.130. The standard InChI is InChI=1S/C18H16ClN3O2/c1-13(23)22(16-7-4-5-14(9-16)10-20)12-18(24)21-11-15-6-2-3-8-17(15)19/h2-9H,11-12H2,1H3,(H,21,24). The van der Waals surface area contributed by atoms with Crippen molar-refractivity contribution in [2.45, 2.75) is 13.5 Å². The summed E-state index contributed by atoms with van der Waals surface area (Å²) in [5, 5.41) is 12.3. The zero-order chi connectivity index (χ0) is 17.5. The lowest BCUT2D eigenvalue weighted by Crippen LogP contribution is -2.39. The number of benzene rings is 2. The quantitative estimate of drug-likeness (QED) is 0.908. The normalized spacial score (nSPS) is 9.88. The third kappa shape index (κ3) is 4.58. The number of hydrogen-bond acceptors (Lipinski definition) is 3. The fraction of sp³-hybridized carbons (Fsp3) is 0.167. The van der Waals surface area contributed by atoms with Crippen LogP contribution >= 0.6 is 11.6 Å². The van der Waals surface area contributed by atoms with Gasteiger partial charge in [-0.05, 0) is 29.8 Å². The lowest BCUT2D eigenvalue weighted by molar-refractivity contribution is -0.123. The second-order valence-corrected chi connectivity index (χ2v) is 5.54. The van der Waals surface area contributed by atoms with Gasteiger partial charge in [0.05, 0.1) is 11.6 Å². The minimum Gasteiger partial charge on any atom is -0.350 e. The van der Waals surface area contributed by atoms with Crippen LogP contribution in [0.4, 0.5) is 5.69 Å². The molecule has 0 atom stereocenters. The van der Waals surface area contributed by atoms with Crippen LogP contribution in [0.3, 0.4) is 0 Å². The van der Waals surface area contributed by atoms with Crippen molar-refractivity contribution in [1.82, 2.24) is 5.32 Å². The zero-order valence-corrected chi connectivity index (χ0v) is 13.9. The van der Waals surface area contributed by atoms with Crippen molar-refractivity contribution in [3.05, 3.63) is 64.7 Å². The predicted molar refractivity (Wildman–Crippen MR) is 92.5 cm³/mol. The Hall–Kier alpha value is -2.84. The summed E-state index contributed by atoms with van der Waals surface area (Å²) < 4.78 is 0. The highest BCUT2D eigenvalue weighted by Gasteiger charge is 2.16. The molecule has 2 rings (SSSR count). The van der Waals surface area contributed by atoms with Crippen molar-refractivity contribution in [2.24, 2.45) is 0 Å². The van der Waals surface area contributed by atoms with Gasteiger partial charge in [-0.1, -0.05) is 35.9 Å². The summed E-state index contributed by atoms with van der Waals surface area (Å²) in [4.78, 5) is 25.3. The van der Waals surface area contributed by atoms with Crippen LogP contribution in [0, 0.1) is 11.3 Å². The van der Waals surface area contributed by atoms with E-state index in [1.807, 2.05) is 24.3 Å². The average molecular weight is 342 g/mol. The Morgan fingerprint density at radius 1 is 1.21 bits per heavy atom. The van der Waals surface area contributed by atoms with Gasteiger partial charge in [0.2, 0.25) is 11.8 Å². The first kappa shape index (κ1) is 17.5. The summed E-state index contributed by atoms with van der Waals surface area (Å²) in [6.45, 7) is 1.53. The molecule has 0 aliphatic rings. The van der Waals surface area contributed by atoms with Crippen molar-refractivity contribution in [1.29, 1.82) is 5.26 Å². The van der Waals surface area contributed by atoms with E-state index in [2.05, 4.69) is 5.32 Å². The van der Waals surface area contributed by atoms with Gasteiger partial charge in [-0.2, -0.15) is 5.26 Å². The molecule has 0 saturated carbocycles. The third-order valence-corrected chi connectivity index (χ3v) is 3.77. The first-order valence-electron chi connectivity index (χ1n) is 7.29. The van der Waals surface area contributed by atoms with Crippen molar-refractivity contribution < 1.29 is 9.59 Å². The molecule has 0 fully saturated rings. The molecule has 0 aliphatic carbocycles. The van der Waals surface area contributed by atoms with E-state index in [1.54, 1.807) is 30.3 Å². The molecule has 24 heavy (non-hydrogen) atoms. The molecular weight excluding hydrogens is 326 g/mol. The Labute approximate surface area is 145 Å². The van der Waals surface area contributed by atoms with Crippen LogP contribution in [0.25, 0.3) is 0 Å². The number of nitrogens with one attached hydrogen (secondary N) is 1. The largest absolute Gasteiger partial charge is 0.350 e. The molecule has 6 heteroatoms. The van der Waals surface area contributed by atoms with E-state index in [1.165, 1.54) is 11.8 Å². The van der Waals surface area contributed by atoms with Crippen molar-refractivity contribution in [3.63, 3.8) is 0 Å². The predicted octanol–water partition coefficient (Wildman–Crippen LogP) is 2.88. The van der Waals surface area contributed by atoms with Crippen molar-refractivity contribution >= 4 is 29.1 Å². The molecule has 0 heterocycles. The molecule has 0 unspecified atom stereocenters. The van der Waals surface area contributed by atoms with E-state index < -0.39 is 0 Å². The summed E-state index contributed by atoms with van der Waals surface area (Å²) in [5.41, 5.74) is 1.73. The van der Waals surface area contributed by atoms with Crippen LogP contribution in [-0.2, 0) is 16.1 Å². The molecule has 0 aromatic heterocycles. The Bertz CT molecular complexity index is 799. The highest BCUT2D eigenvalue weighted by atomic mass is 35.5. The summed E-state index contributed by atoms with van der Waals surface area (Å²) in [6, 6.07) is 15.8. The number of nitriles is 1. The molecule has 0 saturated heterocycles. The van der Waals surface area contributed by atoms with E-state index in [9.17, 15) is 9.59 Å². The fourth-order valence-electron chi connectivity index (χ4n) is 2.16. The maximum absolute atomic E-state index is 12.2. The molecule has 122 valence electrons. The molecule has 2 aromatic rings. The lowest BCUT2D eigenvalue weighted by atomic mass is 10.2. The monoisotopic (exact) mass is 341 g/mol. The molecule has 0 spiro atoms. The van der Waals surface area contributed by atoms with Gasteiger partial charge in [0.25, 0.3) is 0 Å². The van der Waals surface area contributed by atoms with Crippen LogP contribution < -0.4 is 10.2 Å². The topological polar surface area (TPSA) is 73.2 Å². The lowest BCUT2D eigenvalue weighted by Gasteiger charge is -2.21. The number of amides is 2. The van der Waals surface area contributed by atoms with E-state index >= 15 is 0 Å². The van der Waals surface area contributed by atoms with Gasteiger partial charge in [-0.3, -0.25) is 9.59 Å². The van der Waals surface area contributed by atoms with Crippen LogP contribution in [-0.4, -0.2) is 18.4 Å². The van der Waals surface area contributed by atoms with E-state index in [0.29, 0.717) is 16.3 Å². The first-order chi connectivity index (χ1) is 11.5. The van der Waals surface area contributed by atoms with Gasteiger partial charge < -0.3 is 10.2 Å². The first-order valence-corrected chi connectivity index (χ1v) is 7.67. The van der Waals surface area contributed by atoms with Gasteiger partial charge in [0.1, 0.15) is 6.54 Å². The Morgan fingerprint density at radius 3 is 2.62 bits per heavy atom. The number of nitrogens with zero attached hydrogens (tertiary/aromatic N) is 2. The molecule has 2 aromatic carbocycles. The summed E-state index contributed by atoms with van der Waals surface area (Å²) in [5.74, 6) is -0.592. The number of rotatable bonds is 5. The van der Waals surface area contributed by atoms with Crippen molar-refractivity contribution in [3.8, 4) is 6.07 Å². The SMILES string of the molecule is CC(=O)N(CC(=O)NCc1ccccc1Cl)c1cccc(C#N)c1. The second-order valence-electron chi connectivity index (χ2n) is 5.14. The summed E-state index contributed by atoms with van der Waals surface area (Å²) >= 11 is 6.05. The van der Waals surface area contributed by atoms with E-state index in [-0.39, 0.29) is 24.9 Å². The highest BCUT2D eigenvalue weighted by molar-refractivity contribution is 6.31. The van der Waals surface area contributed by atoms with Crippen LogP contribution in [0.5, 0.6) is 0 Å². The minimum atomic E-state index is -0.313. The van der Waals surface area contributed by atoms with Crippen LogP contribution in [0.2, 0.25) is 5.02 Å². The molecule has 0 radical (unpaired) electrons. The van der Waals surface area contributed by atoms with E-state index in [0.717, 1.165) is 5.56 Å². The fourth-order valence-corrected chi connectivity index (χ4v) is 2.37. The number of anilines is 1. The Balaban J connectivity index is 2.05. The number of carbonyl (C=O) groups is 2. The van der Waals surface area contributed by atoms with E-state index in [4.69, 9.17) is 16.9 Å². The van der Waals surface area contributed by atoms with Gasteiger partial charge in [-0.25, -0.2) is 0 Å². The van der Waals surface area contributed by atoms with Gasteiger partial charge in [-0.15, -0.1) is 0 Å². The van der Waals surface area contributed by atoms with Crippen LogP contribution in [0.15, 0.2) is 48.5 Å². The highest BCUT2D eigenvalue weighted by Crippen LogP contribution is 2.17. The van der Waals surface area contributed by atoms with Gasteiger partial charge in [0, 0.05) is 24.2 Å². The summed E-state index contributed by atoms with van der Waals surface area (Å²) in [6.07, 6.45) is 0. The van der Waals surface area contributed by atoms with Gasteiger partial charge >= 0.3 is 0 Å². The number of carbonyl (C=O) groups excluding carboxylic acids is 2. The second kappa shape index (κ2) is 8.14. The number of hydrogen-bond donors (Lipinski definition) is 1. The Kier molecular flexibility index (Phi) is 5.94. The molecule has 0 aliphatic heterocycles. The maximum Gasteiger partial charge on any atom is 0.240 e. The average Bonchev–Trinajstić information content (AvgIpc) is 2.58. The smallest absolute Gasteiger partial charge is 0.240 e. The zero-order valence-electron chi connectivity index (χ0n) is 13.1. The van der Waals surface area contributed by atoms with Crippen molar-refractivity contribution in [2.75, 3.05) is 11.4 Å². The van der Waals surface area contributed by atoms with Crippen LogP contribution in [0.1, 0.15) is 18.1 Å².